The van der Waals surface area contributed by atoms with E-state index in [1.54, 1.807) is 7.11 Å². The van der Waals surface area contributed by atoms with E-state index >= 15 is 0 Å². The van der Waals surface area contributed by atoms with Crippen LogP contribution in [0.4, 0.5) is 0 Å². The van der Waals surface area contributed by atoms with Crippen LogP contribution in [0.5, 0.6) is 5.88 Å². The van der Waals surface area contributed by atoms with Gasteiger partial charge in [-0.3, -0.25) is 0 Å². The molecule has 0 aromatic carbocycles. The molecule has 0 fully saturated rings. The summed E-state index contributed by atoms with van der Waals surface area (Å²) in [6.07, 6.45) is 7.26. The van der Waals surface area contributed by atoms with E-state index in [0.717, 1.165) is 30.9 Å². The monoisotopic (exact) mass is 275 g/mol. The maximum atomic E-state index is 5.15. The van der Waals surface area contributed by atoms with Crippen molar-refractivity contribution in [3.05, 3.63) is 36.3 Å². The van der Waals surface area contributed by atoms with E-state index < -0.39 is 0 Å². The average molecular weight is 275 g/mol. The van der Waals surface area contributed by atoms with Crippen LogP contribution in [0, 0.1) is 0 Å². The molecule has 1 atom stereocenters. The van der Waals surface area contributed by atoms with Crippen LogP contribution in [0.3, 0.4) is 0 Å². The number of imidazole rings is 1. The largest absolute Gasteiger partial charge is 0.481 e. The molecule has 0 amide bonds. The van der Waals surface area contributed by atoms with Gasteiger partial charge in [0, 0.05) is 31.4 Å². The summed E-state index contributed by atoms with van der Waals surface area (Å²) in [5.74, 6) is 1.64. The van der Waals surface area contributed by atoms with Gasteiger partial charge in [-0.2, -0.15) is 0 Å². The highest BCUT2D eigenvalue weighted by Crippen LogP contribution is 2.18. The normalized spacial score (nSPS) is 12.3. The van der Waals surface area contributed by atoms with Crippen molar-refractivity contribution in [3.8, 4) is 5.88 Å². The lowest BCUT2D eigenvalue weighted by Crippen LogP contribution is -2.22. The van der Waals surface area contributed by atoms with Gasteiger partial charge in [0.15, 0.2) is 0 Å². The Labute approximate surface area is 119 Å². The van der Waals surface area contributed by atoms with Gasteiger partial charge < -0.3 is 14.6 Å². The van der Waals surface area contributed by atoms with Gasteiger partial charge in [0.2, 0.25) is 5.88 Å². The highest BCUT2D eigenvalue weighted by molar-refractivity contribution is 5.17. The predicted molar refractivity (Wildman–Crippen MR) is 76.6 cm³/mol. The van der Waals surface area contributed by atoms with Gasteiger partial charge in [-0.1, -0.05) is 6.92 Å². The number of likely N-dealkylation sites (N-methyl/N-ethyl adjacent to an activating group) is 1. The second-order valence-corrected chi connectivity index (χ2v) is 4.57. The fraction of sp³-hybridized carbons (Fsp3) is 0.500. The predicted octanol–water partition coefficient (Wildman–Crippen LogP) is 1.59. The van der Waals surface area contributed by atoms with E-state index in [1.165, 1.54) is 6.33 Å². The van der Waals surface area contributed by atoms with Crippen molar-refractivity contribution in [2.24, 2.45) is 0 Å². The highest BCUT2D eigenvalue weighted by Gasteiger charge is 2.15. The highest BCUT2D eigenvalue weighted by atomic mass is 16.5. The Bertz CT molecular complexity index is 540. The van der Waals surface area contributed by atoms with Gasteiger partial charge in [-0.05, 0) is 13.5 Å². The van der Waals surface area contributed by atoms with Crippen molar-refractivity contribution in [2.75, 3.05) is 14.2 Å². The van der Waals surface area contributed by atoms with E-state index in [2.05, 4.69) is 31.8 Å². The van der Waals surface area contributed by atoms with Crippen molar-refractivity contribution >= 4 is 0 Å². The molecular weight excluding hydrogens is 254 g/mol. The van der Waals surface area contributed by atoms with Gasteiger partial charge in [0.05, 0.1) is 18.8 Å². The third kappa shape index (κ3) is 3.33. The summed E-state index contributed by atoms with van der Waals surface area (Å²) in [5.41, 5.74) is 0.908. The smallest absolute Gasteiger partial charge is 0.216 e. The van der Waals surface area contributed by atoms with Crippen molar-refractivity contribution in [3.63, 3.8) is 0 Å². The van der Waals surface area contributed by atoms with E-state index in [0.29, 0.717) is 5.88 Å². The van der Waals surface area contributed by atoms with Crippen molar-refractivity contribution in [1.29, 1.82) is 0 Å². The maximum Gasteiger partial charge on any atom is 0.216 e. The molecule has 0 aliphatic heterocycles. The van der Waals surface area contributed by atoms with E-state index in [9.17, 15) is 0 Å². The molecule has 2 rings (SSSR count). The number of nitrogens with one attached hydrogen (secondary N) is 1. The van der Waals surface area contributed by atoms with Crippen LogP contribution in [-0.4, -0.2) is 33.7 Å². The van der Waals surface area contributed by atoms with Gasteiger partial charge in [-0.15, -0.1) is 0 Å². The van der Waals surface area contributed by atoms with Crippen LogP contribution in [0.15, 0.2) is 24.8 Å². The van der Waals surface area contributed by atoms with Crippen molar-refractivity contribution in [2.45, 2.75) is 32.4 Å². The summed E-state index contributed by atoms with van der Waals surface area (Å²) >= 11 is 0. The van der Waals surface area contributed by atoms with Gasteiger partial charge in [-0.25, -0.2) is 15.0 Å². The van der Waals surface area contributed by atoms with Crippen LogP contribution >= 0.6 is 0 Å². The molecule has 0 aliphatic carbocycles. The Hall–Kier alpha value is -1.95. The number of hydrogen-bond donors (Lipinski definition) is 1. The minimum Gasteiger partial charge on any atom is -0.481 e. The number of aryl methyl sites for hydroxylation is 1. The zero-order chi connectivity index (χ0) is 14.4. The molecule has 0 saturated heterocycles. The first-order valence-electron chi connectivity index (χ1n) is 6.81. The SMILES string of the molecule is CCCn1ccnc1CC(NC)c1cc(OC)ncn1. The Morgan fingerprint density at radius 1 is 1.35 bits per heavy atom. The summed E-state index contributed by atoms with van der Waals surface area (Å²) in [6.45, 7) is 3.15. The third-order valence-electron chi connectivity index (χ3n) is 3.23. The Kier molecular flexibility index (Phi) is 5.06. The third-order valence-corrected chi connectivity index (χ3v) is 3.23. The summed E-state index contributed by atoms with van der Waals surface area (Å²) < 4.78 is 7.33. The molecule has 1 N–H and O–H groups in total. The lowest BCUT2D eigenvalue weighted by molar-refractivity contribution is 0.394. The zero-order valence-corrected chi connectivity index (χ0v) is 12.2. The van der Waals surface area contributed by atoms with E-state index in [-0.39, 0.29) is 6.04 Å². The molecule has 6 heteroatoms. The first kappa shape index (κ1) is 14.5. The molecule has 0 aliphatic rings. The number of aromatic nitrogens is 4. The van der Waals surface area contributed by atoms with Crippen LogP contribution in [0.2, 0.25) is 0 Å². The van der Waals surface area contributed by atoms with Crippen molar-refractivity contribution in [1.82, 2.24) is 24.8 Å². The van der Waals surface area contributed by atoms with E-state index in [1.807, 2.05) is 25.5 Å². The molecule has 6 nitrogen and oxygen atoms in total. The molecule has 2 aromatic rings. The lowest BCUT2D eigenvalue weighted by Gasteiger charge is -2.16. The van der Waals surface area contributed by atoms with Crippen LogP contribution in [-0.2, 0) is 13.0 Å². The summed E-state index contributed by atoms with van der Waals surface area (Å²) in [6, 6.07) is 1.94. The number of methoxy groups -OCH3 is 1. The fourth-order valence-electron chi connectivity index (χ4n) is 2.17. The van der Waals surface area contributed by atoms with Crippen LogP contribution in [0.1, 0.15) is 30.9 Å². The molecule has 1 unspecified atom stereocenters. The average Bonchev–Trinajstić information content (AvgIpc) is 2.92. The molecule has 0 saturated carbocycles. The second-order valence-electron chi connectivity index (χ2n) is 4.57. The molecule has 20 heavy (non-hydrogen) atoms. The molecule has 108 valence electrons. The second kappa shape index (κ2) is 7.00. The molecule has 0 spiro atoms. The van der Waals surface area contributed by atoms with Crippen LogP contribution in [0.25, 0.3) is 0 Å². The van der Waals surface area contributed by atoms with Crippen molar-refractivity contribution < 1.29 is 4.74 Å². The van der Waals surface area contributed by atoms with Crippen LogP contribution < -0.4 is 10.1 Å². The summed E-state index contributed by atoms with van der Waals surface area (Å²) in [5, 5.41) is 3.28. The molecule has 0 bridgehead atoms. The molecule has 0 radical (unpaired) electrons. The minimum atomic E-state index is 0.0879. The lowest BCUT2D eigenvalue weighted by atomic mass is 10.1. The Morgan fingerprint density at radius 3 is 2.90 bits per heavy atom. The van der Waals surface area contributed by atoms with Gasteiger partial charge in [0.25, 0.3) is 0 Å². The first-order valence-corrected chi connectivity index (χ1v) is 6.81. The molecule has 2 aromatic heterocycles. The number of rotatable bonds is 7. The molecular formula is C14H21N5O. The van der Waals surface area contributed by atoms with Gasteiger partial charge >= 0.3 is 0 Å². The maximum absolute atomic E-state index is 5.15. The standard InChI is InChI=1S/C14H21N5O/c1-4-6-19-7-5-16-13(19)8-11(15-2)12-9-14(20-3)18-10-17-12/h5,7,9-11,15H,4,6,8H2,1-3H3. The number of ether oxygens (including phenoxy) is 1. The Morgan fingerprint density at radius 2 is 2.20 bits per heavy atom. The minimum absolute atomic E-state index is 0.0879. The fourth-order valence-corrected chi connectivity index (χ4v) is 2.17. The first-order chi connectivity index (χ1) is 9.78. The number of hydrogen-bond acceptors (Lipinski definition) is 5. The molecule has 2 heterocycles. The quantitative estimate of drug-likeness (QED) is 0.831. The zero-order valence-electron chi connectivity index (χ0n) is 12.2. The number of nitrogens with zero attached hydrogens (tertiary/aromatic N) is 4. The topological polar surface area (TPSA) is 64.9 Å². The van der Waals surface area contributed by atoms with Gasteiger partial charge in [0.1, 0.15) is 12.2 Å². The summed E-state index contributed by atoms with van der Waals surface area (Å²) in [7, 11) is 3.53. The Balaban J connectivity index is 2.17. The van der Waals surface area contributed by atoms with E-state index in [4.69, 9.17) is 4.74 Å². The summed E-state index contributed by atoms with van der Waals surface area (Å²) in [4.78, 5) is 12.8.